The van der Waals surface area contributed by atoms with Crippen LogP contribution in [0.25, 0.3) is 22.8 Å². The Labute approximate surface area is 151 Å². The minimum absolute atomic E-state index is 0.451. The van der Waals surface area contributed by atoms with Crippen LogP contribution < -0.4 is 5.32 Å². The summed E-state index contributed by atoms with van der Waals surface area (Å²) in [6, 6.07) is 17.6. The lowest BCUT2D eigenvalue weighted by atomic mass is 10.1. The molecule has 0 bridgehead atoms. The number of hydrogen-bond acceptors (Lipinski definition) is 6. The van der Waals surface area contributed by atoms with Crippen LogP contribution in [0.1, 0.15) is 11.3 Å². The molecular formula is C20H17N5O. The summed E-state index contributed by atoms with van der Waals surface area (Å²) in [5.41, 5.74) is 3.80. The van der Waals surface area contributed by atoms with Gasteiger partial charge in [-0.05, 0) is 36.8 Å². The fourth-order valence-corrected chi connectivity index (χ4v) is 2.58. The summed E-state index contributed by atoms with van der Waals surface area (Å²) in [5, 5.41) is 7.32. The quantitative estimate of drug-likeness (QED) is 0.587. The Morgan fingerprint density at radius 1 is 0.962 bits per heavy atom. The van der Waals surface area contributed by atoms with Crippen LogP contribution in [-0.4, -0.2) is 20.1 Å². The van der Waals surface area contributed by atoms with Gasteiger partial charge in [0.2, 0.25) is 5.82 Å². The molecule has 0 saturated carbocycles. The van der Waals surface area contributed by atoms with Crippen molar-refractivity contribution < 1.29 is 4.52 Å². The zero-order chi connectivity index (χ0) is 17.8. The van der Waals surface area contributed by atoms with Gasteiger partial charge in [0.15, 0.2) is 0 Å². The first-order chi connectivity index (χ1) is 12.8. The molecule has 6 heteroatoms. The van der Waals surface area contributed by atoms with Crippen LogP contribution in [-0.2, 0) is 6.54 Å². The molecule has 0 atom stereocenters. The van der Waals surface area contributed by atoms with Crippen LogP contribution in [0.4, 0.5) is 5.82 Å². The SMILES string of the molecule is Cc1ccccc1-c1noc(-c2ccc(NCc3ccccn3)nc2)n1. The molecule has 0 aliphatic rings. The normalized spacial score (nSPS) is 10.7. The second kappa shape index (κ2) is 7.14. The Balaban J connectivity index is 1.48. The van der Waals surface area contributed by atoms with Crippen LogP contribution in [0.3, 0.4) is 0 Å². The van der Waals surface area contributed by atoms with Crippen molar-refractivity contribution in [2.75, 3.05) is 5.32 Å². The number of pyridine rings is 2. The Morgan fingerprint density at radius 2 is 1.85 bits per heavy atom. The highest BCUT2D eigenvalue weighted by molar-refractivity contribution is 5.62. The van der Waals surface area contributed by atoms with E-state index in [-0.39, 0.29) is 0 Å². The summed E-state index contributed by atoms with van der Waals surface area (Å²) < 4.78 is 5.40. The smallest absolute Gasteiger partial charge is 0.259 e. The molecule has 0 unspecified atom stereocenters. The van der Waals surface area contributed by atoms with Crippen molar-refractivity contribution in [3.63, 3.8) is 0 Å². The Morgan fingerprint density at radius 3 is 2.62 bits per heavy atom. The Bertz CT molecular complexity index is 996. The number of aryl methyl sites for hydroxylation is 1. The van der Waals surface area contributed by atoms with Crippen molar-refractivity contribution in [3.8, 4) is 22.8 Å². The summed E-state index contributed by atoms with van der Waals surface area (Å²) in [5.74, 6) is 1.79. The molecule has 4 rings (SSSR count). The van der Waals surface area contributed by atoms with Gasteiger partial charge < -0.3 is 9.84 Å². The summed E-state index contributed by atoms with van der Waals surface area (Å²) in [4.78, 5) is 13.2. The first-order valence-electron chi connectivity index (χ1n) is 8.29. The van der Waals surface area contributed by atoms with Gasteiger partial charge in [0, 0.05) is 18.0 Å². The second-order valence-electron chi connectivity index (χ2n) is 5.84. The van der Waals surface area contributed by atoms with E-state index >= 15 is 0 Å². The maximum atomic E-state index is 5.40. The fourth-order valence-electron chi connectivity index (χ4n) is 2.58. The van der Waals surface area contributed by atoms with E-state index in [1.807, 2.05) is 61.5 Å². The summed E-state index contributed by atoms with van der Waals surface area (Å²) >= 11 is 0. The van der Waals surface area contributed by atoms with Crippen molar-refractivity contribution in [1.29, 1.82) is 0 Å². The van der Waals surface area contributed by atoms with Gasteiger partial charge in [-0.1, -0.05) is 35.5 Å². The molecule has 1 aromatic carbocycles. The molecule has 6 nitrogen and oxygen atoms in total. The summed E-state index contributed by atoms with van der Waals surface area (Å²) in [7, 11) is 0. The maximum Gasteiger partial charge on any atom is 0.259 e. The third-order valence-electron chi connectivity index (χ3n) is 4.00. The first kappa shape index (κ1) is 16.0. The van der Waals surface area contributed by atoms with Gasteiger partial charge in [0.05, 0.1) is 17.8 Å². The van der Waals surface area contributed by atoms with Crippen molar-refractivity contribution in [1.82, 2.24) is 20.1 Å². The molecule has 0 saturated heterocycles. The number of anilines is 1. The monoisotopic (exact) mass is 343 g/mol. The lowest BCUT2D eigenvalue weighted by Gasteiger charge is -2.04. The van der Waals surface area contributed by atoms with Gasteiger partial charge in [-0.25, -0.2) is 4.98 Å². The van der Waals surface area contributed by atoms with E-state index < -0.39 is 0 Å². The molecule has 0 amide bonds. The Hall–Kier alpha value is -3.54. The van der Waals surface area contributed by atoms with Gasteiger partial charge in [-0.15, -0.1) is 0 Å². The Kier molecular flexibility index (Phi) is 4.38. The van der Waals surface area contributed by atoms with Crippen molar-refractivity contribution in [2.45, 2.75) is 13.5 Å². The van der Waals surface area contributed by atoms with E-state index in [0.717, 1.165) is 28.2 Å². The lowest BCUT2D eigenvalue weighted by molar-refractivity contribution is 0.432. The largest absolute Gasteiger partial charge is 0.364 e. The van der Waals surface area contributed by atoms with Crippen molar-refractivity contribution in [3.05, 3.63) is 78.2 Å². The van der Waals surface area contributed by atoms with Gasteiger partial charge in [-0.2, -0.15) is 4.98 Å². The van der Waals surface area contributed by atoms with Crippen LogP contribution in [0, 0.1) is 6.92 Å². The molecule has 26 heavy (non-hydrogen) atoms. The number of aromatic nitrogens is 4. The molecular weight excluding hydrogens is 326 g/mol. The second-order valence-corrected chi connectivity index (χ2v) is 5.84. The van der Waals surface area contributed by atoms with E-state index in [1.165, 1.54) is 0 Å². The third kappa shape index (κ3) is 3.44. The van der Waals surface area contributed by atoms with Gasteiger partial charge in [0.1, 0.15) is 5.82 Å². The molecule has 0 spiro atoms. The lowest BCUT2D eigenvalue weighted by Crippen LogP contribution is -2.02. The van der Waals surface area contributed by atoms with E-state index in [9.17, 15) is 0 Å². The zero-order valence-corrected chi connectivity index (χ0v) is 14.3. The molecule has 4 aromatic rings. The van der Waals surface area contributed by atoms with Gasteiger partial charge >= 0.3 is 0 Å². The number of nitrogens with zero attached hydrogens (tertiary/aromatic N) is 4. The van der Waals surface area contributed by atoms with Crippen molar-refractivity contribution >= 4 is 5.82 Å². The number of rotatable bonds is 5. The average Bonchev–Trinajstić information content (AvgIpc) is 3.18. The van der Waals surface area contributed by atoms with Crippen molar-refractivity contribution in [2.24, 2.45) is 0 Å². The van der Waals surface area contributed by atoms with E-state index in [1.54, 1.807) is 12.4 Å². The fraction of sp³-hybridized carbons (Fsp3) is 0.100. The molecule has 0 fully saturated rings. The summed E-state index contributed by atoms with van der Waals surface area (Å²) in [6.45, 7) is 2.64. The standard InChI is InChI=1S/C20H17N5O/c1-14-6-2-3-8-17(14)19-24-20(26-25-19)15-9-10-18(22-12-15)23-13-16-7-4-5-11-21-16/h2-12H,13H2,1H3,(H,22,23). The van der Waals surface area contributed by atoms with Gasteiger partial charge in [0.25, 0.3) is 5.89 Å². The predicted octanol–water partition coefficient (Wildman–Crippen LogP) is 4.11. The molecule has 3 heterocycles. The minimum atomic E-state index is 0.451. The van der Waals surface area contributed by atoms with Crippen LogP contribution in [0.2, 0.25) is 0 Å². The predicted molar refractivity (Wildman–Crippen MR) is 99.3 cm³/mol. The van der Waals surface area contributed by atoms with E-state index in [2.05, 4.69) is 25.4 Å². The highest BCUT2D eigenvalue weighted by atomic mass is 16.5. The molecule has 0 aliphatic heterocycles. The molecule has 0 radical (unpaired) electrons. The number of nitrogens with one attached hydrogen (secondary N) is 1. The van der Waals surface area contributed by atoms with Gasteiger partial charge in [-0.3, -0.25) is 4.98 Å². The highest BCUT2D eigenvalue weighted by Crippen LogP contribution is 2.24. The molecule has 1 N–H and O–H groups in total. The van der Waals surface area contributed by atoms with Crippen LogP contribution in [0.5, 0.6) is 0 Å². The molecule has 0 aliphatic carbocycles. The first-order valence-corrected chi connectivity index (χ1v) is 8.29. The highest BCUT2D eigenvalue weighted by Gasteiger charge is 2.12. The number of benzene rings is 1. The number of hydrogen-bond donors (Lipinski definition) is 1. The topological polar surface area (TPSA) is 76.7 Å². The van der Waals surface area contributed by atoms with Crippen LogP contribution >= 0.6 is 0 Å². The maximum absolute atomic E-state index is 5.40. The molecule has 3 aromatic heterocycles. The minimum Gasteiger partial charge on any atom is -0.364 e. The van der Waals surface area contributed by atoms with Crippen LogP contribution in [0.15, 0.2) is 71.5 Å². The third-order valence-corrected chi connectivity index (χ3v) is 4.00. The van der Waals surface area contributed by atoms with E-state index in [0.29, 0.717) is 18.3 Å². The zero-order valence-electron chi connectivity index (χ0n) is 14.3. The molecule has 128 valence electrons. The van der Waals surface area contributed by atoms with E-state index in [4.69, 9.17) is 4.52 Å². The summed E-state index contributed by atoms with van der Waals surface area (Å²) in [6.07, 6.45) is 3.49. The average molecular weight is 343 g/mol.